The standard InChI is InChI=1S/C16H19BrO6/c1-4-20-14(18)16(15(19)21-5-2)22-12-7-6-11(8-10(3)17)9-13(12)23-16/h6-7,9-10H,4-5,8H2,1-3H3/t10-/m1/s1. The molecule has 0 N–H and O–H groups in total. The van der Waals surface area contributed by atoms with Crippen LogP contribution in [-0.2, 0) is 25.5 Å². The summed E-state index contributed by atoms with van der Waals surface area (Å²) in [5.41, 5.74) is 0.986. The molecule has 1 aliphatic rings. The first-order valence-corrected chi connectivity index (χ1v) is 8.34. The summed E-state index contributed by atoms with van der Waals surface area (Å²) in [6.45, 7) is 5.47. The van der Waals surface area contributed by atoms with Crippen molar-refractivity contribution in [3.05, 3.63) is 23.8 Å². The van der Waals surface area contributed by atoms with Crippen molar-refractivity contribution < 1.29 is 28.5 Å². The summed E-state index contributed by atoms with van der Waals surface area (Å²) in [6.07, 6.45) is 0.766. The van der Waals surface area contributed by atoms with E-state index in [1.54, 1.807) is 26.0 Å². The number of carbonyl (C=O) groups is 2. The Bertz CT molecular complexity index is 580. The second kappa shape index (κ2) is 7.21. The number of benzene rings is 1. The van der Waals surface area contributed by atoms with Crippen LogP contribution in [0.15, 0.2) is 18.2 Å². The summed E-state index contributed by atoms with van der Waals surface area (Å²) in [4.78, 5) is 24.7. The third kappa shape index (κ3) is 3.60. The first-order valence-electron chi connectivity index (χ1n) is 7.42. The van der Waals surface area contributed by atoms with Crippen molar-refractivity contribution in [2.45, 2.75) is 37.8 Å². The molecule has 0 spiro atoms. The lowest BCUT2D eigenvalue weighted by Crippen LogP contribution is -2.55. The third-order valence-electron chi connectivity index (χ3n) is 3.12. The maximum absolute atomic E-state index is 12.2. The van der Waals surface area contributed by atoms with Gasteiger partial charge in [0.1, 0.15) is 0 Å². The van der Waals surface area contributed by atoms with Crippen molar-refractivity contribution in [3.63, 3.8) is 0 Å². The van der Waals surface area contributed by atoms with Gasteiger partial charge in [-0.1, -0.05) is 28.9 Å². The molecule has 0 amide bonds. The van der Waals surface area contributed by atoms with Gasteiger partial charge in [-0.05, 0) is 38.0 Å². The Hall–Kier alpha value is -1.76. The highest BCUT2D eigenvalue weighted by Crippen LogP contribution is 2.41. The zero-order chi connectivity index (χ0) is 17.0. The fourth-order valence-electron chi connectivity index (χ4n) is 2.20. The summed E-state index contributed by atoms with van der Waals surface area (Å²) < 4.78 is 20.9. The number of ether oxygens (including phenoxy) is 4. The molecular formula is C16H19BrO6. The predicted molar refractivity (Wildman–Crippen MR) is 85.8 cm³/mol. The van der Waals surface area contributed by atoms with Gasteiger partial charge in [0.25, 0.3) is 0 Å². The second-order valence-corrected chi connectivity index (χ2v) is 6.59. The minimum Gasteiger partial charge on any atom is -0.460 e. The smallest absolute Gasteiger partial charge is 0.453 e. The maximum atomic E-state index is 12.2. The highest BCUT2D eigenvalue weighted by Gasteiger charge is 2.59. The monoisotopic (exact) mass is 386 g/mol. The van der Waals surface area contributed by atoms with E-state index in [4.69, 9.17) is 18.9 Å². The van der Waals surface area contributed by atoms with Crippen molar-refractivity contribution in [2.24, 2.45) is 0 Å². The normalized spacial score (nSPS) is 15.8. The van der Waals surface area contributed by atoms with Gasteiger partial charge in [-0.15, -0.1) is 0 Å². The Balaban J connectivity index is 2.32. The third-order valence-corrected chi connectivity index (χ3v) is 3.44. The molecule has 0 radical (unpaired) electrons. The Labute approximate surface area is 143 Å². The number of hydrogen-bond acceptors (Lipinski definition) is 6. The molecule has 6 nitrogen and oxygen atoms in total. The van der Waals surface area contributed by atoms with Gasteiger partial charge in [-0.3, -0.25) is 0 Å². The molecule has 0 bridgehead atoms. The van der Waals surface area contributed by atoms with E-state index in [1.807, 2.05) is 13.0 Å². The molecule has 2 rings (SSSR count). The first kappa shape index (κ1) is 17.6. The van der Waals surface area contributed by atoms with E-state index in [2.05, 4.69) is 15.9 Å². The van der Waals surface area contributed by atoms with E-state index in [1.165, 1.54) is 0 Å². The molecule has 1 aromatic rings. The molecular weight excluding hydrogens is 368 g/mol. The number of hydrogen-bond donors (Lipinski definition) is 0. The molecule has 0 saturated heterocycles. The summed E-state index contributed by atoms with van der Waals surface area (Å²) in [6, 6.07) is 5.26. The Morgan fingerprint density at radius 1 is 1.13 bits per heavy atom. The van der Waals surface area contributed by atoms with Gasteiger partial charge in [0.05, 0.1) is 13.2 Å². The lowest BCUT2D eigenvalue weighted by Gasteiger charge is -2.22. The van der Waals surface area contributed by atoms with Crippen LogP contribution in [-0.4, -0.2) is 35.8 Å². The highest BCUT2D eigenvalue weighted by atomic mass is 79.9. The molecule has 23 heavy (non-hydrogen) atoms. The summed E-state index contributed by atoms with van der Waals surface area (Å²) in [5, 5.41) is 0. The molecule has 0 aromatic heterocycles. The topological polar surface area (TPSA) is 71.1 Å². The van der Waals surface area contributed by atoms with Gasteiger partial charge < -0.3 is 18.9 Å². The molecule has 1 aromatic carbocycles. The van der Waals surface area contributed by atoms with Crippen LogP contribution in [0.3, 0.4) is 0 Å². The molecule has 0 aliphatic carbocycles. The van der Waals surface area contributed by atoms with Gasteiger partial charge in [-0.2, -0.15) is 0 Å². The van der Waals surface area contributed by atoms with Gasteiger partial charge in [0, 0.05) is 4.83 Å². The number of alkyl halides is 1. The zero-order valence-electron chi connectivity index (χ0n) is 13.3. The summed E-state index contributed by atoms with van der Waals surface area (Å²) in [5.74, 6) is -3.46. The Kier molecular flexibility index (Phi) is 5.51. The zero-order valence-corrected chi connectivity index (χ0v) is 14.8. The van der Waals surface area contributed by atoms with Gasteiger partial charge >= 0.3 is 17.7 Å². The van der Waals surface area contributed by atoms with Crippen molar-refractivity contribution in [1.82, 2.24) is 0 Å². The van der Waals surface area contributed by atoms with E-state index < -0.39 is 17.7 Å². The maximum Gasteiger partial charge on any atom is 0.453 e. The fourth-order valence-corrected chi connectivity index (χ4v) is 2.57. The number of carbonyl (C=O) groups excluding carboxylic acids is 2. The number of rotatable bonds is 6. The highest BCUT2D eigenvalue weighted by molar-refractivity contribution is 9.09. The average molecular weight is 387 g/mol. The molecule has 0 fully saturated rings. The van der Waals surface area contributed by atoms with Crippen LogP contribution in [0.1, 0.15) is 26.3 Å². The molecule has 1 heterocycles. The summed E-state index contributed by atoms with van der Waals surface area (Å²) >= 11 is 3.48. The van der Waals surface area contributed by atoms with Crippen LogP contribution in [0, 0.1) is 0 Å². The number of esters is 2. The Morgan fingerprint density at radius 3 is 2.22 bits per heavy atom. The van der Waals surface area contributed by atoms with E-state index in [0.29, 0.717) is 11.5 Å². The largest absolute Gasteiger partial charge is 0.460 e. The van der Waals surface area contributed by atoms with Crippen molar-refractivity contribution in [3.8, 4) is 11.5 Å². The second-order valence-electron chi connectivity index (χ2n) is 5.03. The van der Waals surface area contributed by atoms with Crippen LogP contribution in [0.2, 0.25) is 0 Å². The van der Waals surface area contributed by atoms with Gasteiger partial charge in [0.15, 0.2) is 11.5 Å². The van der Waals surface area contributed by atoms with Crippen LogP contribution >= 0.6 is 15.9 Å². The van der Waals surface area contributed by atoms with Gasteiger partial charge in [-0.25, -0.2) is 9.59 Å². The lowest BCUT2D eigenvalue weighted by molar-refractivity contribution is -0.202. The average Bonchev–Trinajstić information content (AvgIpc) is 2.87. The van der Waals surface area contributed by atoms with Crippen molar-refractivity contribution in [2.75, 3.05) is 13.2 Å². The van der Waals surface area contributed by atoms with Crippen molar-refractivity contribution in [1.29, 1.82) is 0 Å². The minimum atomic E-state index is -2.23. The molecule has 7 heteroatoms. The SMILES string of the molecule is CCOC(=O)C1(C(=O)OCC)Oc2ccc(C[C@@H](C)Br)cc2O1. The number of halogens is 1. The van der Waals surface area contributed by atoms with E-state index in [9.17, 15) is 9.59 Å². The quantitative estimate of drug-likeness (QED) is 0.425. The predicted octanol–water partition coefficient (Wildman–Crippen LogP) is 2.61. The fraction of sp³-hybridized carbons (Fsp3) is 0.500. The van der Waals surface area contributed by atoms with E-state index in [0.717, 1.165) is 12.0 Å². The van der Waals surface area contributed by atoms with Crippen LogP contribution in [0.4, 0.5) is 0 Å². The number of fused-ring (bicyclic) bond motifs is 1. The van der Waals surface area contributed by atoms with E-state index >= 15 is 0 Å². The first-order chi connectivity index (χ1) is 10.9. The van der Waals surface area contributed by atoms with Crippen LogP contribution in [0.25, 0.3) is 0 Å². The summed E-state index contributed by atoms with van der Waals surface area (Å²) in [7, 11) is 0. The molecule has 1 aliphatic heterocycles. The molecule has 1 atom stereocenters. The molecule has 126 valence electrons. The molecule has 0 unspecified atom stereocenters. The van der Waals surface area contributed by atoms with Crippen LogP contribution < -0.4 is 9.47 Å². The molecule has 0 saturated carbocycles. The van der Waals surface area contributed by atoms with Crippen molar-refractivity contribution >= 4 is 27.9 Å². The lowest BCUT2D eigenvalue weighted by atomic mass is 10.1. The Morgan fingerprint density at radius 2 is 1.70 bits per heavy atom. The van der Waals surface area contributed by atoms with Crippen LogP contribution in [0.5, 0.6) is 11.5 Å². The van der Waals surface area contributed by atoms with Gasteiger partial charge in [0.2, 0.25) is 0 Å². The minimum absolute atomic E-state index is 0.0927. The van der Waals surface area contributed by atoms with E-state index in [-0.39, 0.29) is 18.0 Å².